The average molecular weight is 271 g/mol. The van der Waals surface area contributed by atoms with Crippen LogP contribution in [0.25, 0.3) is 16.1 Å². The van der Waals surface area contributed by atoms with Gasteiger partial charge in [-0.15, -0.1) is 11.3 Å². The van der Waals surface area contributed by atoms with Gasteiger partial charge in [0.2, 0.25) is 0 Å². The summed E-state index contributed by atoms with van der Waals surface area (Å²) >= 11 is 1.68. The summed E-state index contributed by atoms with van der Waals surface area (Å²) in [7, 11) is 1.79. The van der Waals surface area contributed by atoms with Gasteiger partial charge >= 0.3 is 0 Å². The second-order valence-corrected chi connectivity index (χ2v) is 5.67. The minimum atomic E-state index is 0.280. The smallest absolute Gasteiger partial charge is 0.123 e. The Morgan fingerprint density at radius 1 is 1.21 bits per heavy atom. The zero-order valence-corrected chi connectivity index (χ0v) is 11.8. The Morgan fingerprint density at radius 3 is 2.68 bits per heavy atom. The molecule has 3 rings (SSSR count). The zero-order valence-electron chi connectivity index (χ0n) is 11.0. The Morgan fingerprint density at radius 2 is 2.00 bits per heavy atom. The predicted molar refractivity (Wildman–Crippen MR) is 80.2 cm³/mol. The summed E-state index contributed by atoms with van der Waals surface area (Å²) < 4.78 is 5.44. The highest BCUT2D eigenvalue weighted by Crippen LogP contribution is 2.30. The quantitative estimate of drug-likeness (QED) is 0.826. The van der Waals surface area contributed by atoms with Crippen LogP contribution >= 0.6 is 11.3 Å². The molecule has 0 amide bonds. The minimum Gasteiger partial charge on any atom is -0.377 e. The molecule has 3 heteroatoms. The molecular weight excluding hydrogens is 254 g/mol. The van der Waals surface area contributed by atoms with Gasteiger partial charge in [0.25, 0.3) is 0 Å². The number of ether oxygens (including phenoxy) is 1. The fraction of sp³-hybridized carbons (Fsp3) is 0.312. The van der Waals surface area contributed by atoms with Crippen molar-refractivity contribution in [3.63, 3.8) is 0 Å². The van der Waals surface area contributed by atoms with E-state index in [1.165, 1.54) is 23.1 Å². The first kappa shape index (κ1) is 12.6. The van der Waals surface area contributed by atoms with Crippen molar-refractivity contribution in [2.24, 2.45) is 0 Å². The average Bonchev–Trinajstić information content (AvgIpc) is 3.02. The molecule has 1 aliphatic rings. The predicted octanol–water partition coefficient (Wildman–Crippen LogP) is 4.39. The van der Waals surface area contributed by atoms with E-state index in [-0.39, 0.29) is 6.10 Å². The maximum absolute atomic E-state index is 5.44. The molecule has 1 heterocycles. The summed E-state index contributed by atoms with van der Waals surface area (Å²) in [5.74, 6) is 0. The first-order valence-corrected chi connectivity index (χ1v) is 7.48. The number of benzene rings is 1. The van der Waals surface area contributed by atoms with E-state index in [2.05, 4.69) is 35.3 Å². The summed E-state index contributed by atoms with van der Waals surface area (Å²) in [6, 6.07) is 8.71. The van der Waals surface area contributed by atoms with E-state index in [1.54, 1.807) is 18.4 Å². The van der Waals surface area contributed by atoms with E-state index in [1.807, 2.05) is 11.6 Å². The molecule has 0 radical (unpaired) electrons. The summed E-state index contributed by atoms with van der Waals surface area (Å²) in [6.07, 6.45) is 7.89. The highest BCUT2D eigenvalue weighted by molar-refractivity contribution is 7.13. The number of methoxy groups -OCH3 is 1. The number of nitrogens with zero attached hydrogens (tertiary/aromatic N) is 1. The maximum atomic E-state index is 5.44. The number of hydrogen-bond acceptors (Lipinski definition) is 3. The molecule has 0 bridgehead atoms. The molecule has 0 N–H and O–H groups in total. The van der Waals surface area contributed by atoms with Crippen LogP contribution < -0.4 is 0 Å². The van der Waals surface area contributed by atoms with Crippen LogP contribution in [-0.4, -0.2) is 18.2 Å². The lowest BCUT2D eigenvalue weighted by molar-refractivity contribution is 0.129. The number of hydrogen-bond donors (Lipinski definition) is 0. The van der Waals surface area contributed by atoms with E-state index >= 15 is 0 Å². The fourth-order valence-corrected chi connectivity index (χ4v) is 3.15. The Labute approximate surface area is 117 Å². The van der Waals surface area contributed by atoms with Gasteiger partial charge in [-0.1, -0.05) is 30.3 Å². The third-order valence-electron chi connectivity index (χ3n) is 3.56. The van der Waals surface area contributed by atoms with Crippen LogP contribution in [0.2, 0.25) is 0 Å². The highest BCUT2D eigenvalue weighted by atomic mass is 32.1. The van der Waals surface area contributed by atoms with Crippen LogP contribution in [0.3, 0.4) is 0 Å². The molecule has 2 aromatic rings. The van der Waals surface area contributed by atoms with Gasteiger partial charge in [0.15, 0.2) is 0 Å². The van der Waals surface area contributed by atoms with Gasteiger partial charge in [-0.3, -0.25) is 0 Å². The maximum Gasteiger partial charge on any atom is 0.123 e. The Bertz CT molecular complexity index is 557. The molecule has 1 aromatic carbocycles. The van der Waals surface area contributed by atoms with Crippen molar-refractivity contribution in [1.29, 1.82) is 0 Å². The standard InChI is InChI=1S/C16H17NOS/c1-18-15-4-2-3-14(11-15)12-5-7-13(8-6-12)16-17-9-10-19-16/h5-11,15H,2-4H2,1H3. The summed E-state index contributed by atoms with van der Waals surface area (Å²) in [5, 5.41) is 3.09. The molecule has 1 aromatic heterocycles. The largest absolute Gasteiger partial charge is 0.377 e. The van der Waals surface area contributed by atoms with Gasteiger partial charge in [-0.05, 0) is 30.4 Å². The van der Waals surface area contributed by atoms with E-state index < -0.39 is 0 Å². The molecule has 0 saturated carbocycles. The first-order valence-electron chi connectivity index (χ1n) is 6.60. The summed E-state index contributed by atoms with van der Waals surface area (Å²) in [5.41, 5.74) is 3.91. The third kappa shape index (κ3) is 2.77. The molecule has 1 unspecified atom stereocenters. The van der Waals surface area contributed by atoms with Gasteiger partial charge in [-0.2, -0.15) is 0 Å². The Balaban J connectivity index is 1.85. The highest BCUT2D eigenvalue weighted by Gasteiger charge is 2.14. The van der Waals surface area contributed by atoms with Crippen molar-refractivity contribution >= 4 is 16.9 Å². The normalized spacial score (nSPS) is 19.2. The Hall–Kier alpha value is -1.45. The lowest BCUT2D eigenvalue weighted by Gasteiger charge is -2.20. The van der Waals surface area contributed by atoms with Gasteiger partial charge in [0, 0.05) is 24.3 Å². The summed E-state index contributed by atoms with van der Waals surface area (Å²) in [6.45, 7) is 0. The molecule has 0 aliphatic heterocycles. The third-order valence-corrected chi connectivity index (χ3v) is 4.38. The summed E-state index contributed by atoms with van der Waals surface area (Å²) in [4.78, 5) is 4.34. The van der Waals surface area contributed by atoms with E-state index in [4.69, 9.17) is 4.74 Å². The van der Waals surface area contributed by atoms with Gasteiger partial charge in [0.05, 0.1) is 6.10 Å². The minimum absolute atomic E-state index is 0.280. The van der Waals surface area contributed by atoms with Crippen molar-refractivity contribution in [2.45, 2.75) is 25.4 Å². The molecule has 1 atom stereocenters. The van der Waals surface area contributed by atoms with Crippen LogP contribution in [0.1, 0.15) is 24.8 Å². The second kappa shape index (κ2) is 5.68. The number of allylic oxidation sites excluding steroid dienone is 1. The van der Waals surface area contributed by atoms with Crippen molar-refractivity contribution in [1.82, 2.24) is 4.98 Å². The molecule has 0 fully saturated rings. The first-order chi connectivity index (χ1) is 9.36. The van der Waals surface area contributed by atoms with Crippen molar-refractivity contribution in [3.8, 4) is 10.6 Å². The van der Waals surface area contributed by atoms with Gasteiger partial charge in [-0.25, -0.2) is 4.98 Å². The van der Waals surface area contributed by atoms with Crippen LogP contribution in [0.15, 0.2) is 41.9 Å². The Kier molecular flexibility index (Phi) is 3.76. The van der Waals surface area contributed by atoms with Crippen molar-refractivity contribution in [3.05, 3.63) is 47.5 Å². The lowest BCUT2D eigenvalue weighted by Crippen LogP contribution is -2.11. The van der Waals surface area contributed by atoms with E-state index in [9.17, 15) is 0 Å². The van der Waals surface area contributed by atoms with Crippen LogP contribution in [0.4, 0.5) is 0 Å². The van der Waals surface area contributed by atoms with Gasteiger partial charge < -0.3 is 4.74 Å². The lowest BCUT2D eigenvalue weighted by atomic mass is 9.92. The molecule has 1 aliphatic carbocycles. The van der Waals surface area contributed by atoms with Crippen LogP contribution in [0.5, 0.6) is 0 Å². The molecule has 0 spiro atoms. The topological polar surface area (TPSA) is 22.1 Å². The molecule has 0 saturated heterocycles. The fourth-order valence-electron chi connectivity index (χ4n) is 2.50. The molecule has 98 valence electrons. The SMILES string of the molecule is COC1C=C(c2ccc(-c3nccs3)cc2)CCC1. The van der Waals surface area contributed by atoms with Crippen molar-refractivity contribution < 1.29 is 4.74 Å². The van der Waals surface area contributed by atoms with Crippen molar-refractivity contribution in [2.75, 3.05) is 7.11 Å². The zero-order chi connectivity index (χ0) is 13.1. The van der Waals surface area contributed by atoms with Crippen LogP contribution in [0, 0.1) is 0 Å². The molecular formula is C16H17NOS. The monoisotopic (exact) mass is 271 g/mol. The molecule has 2 nitrogen and oxygen atoms in total. The van der Waals surface area contributed by atoms with E-state index in [0.717, 1.165) is 17.8 Å². The number of thiazole rings is 1. The molecule has 19 heavy (non-hydrogen) atoms. The number of aromatic nitrogens is 1. The van der Waals surface area contributed by atoms with Gasteiger partial charge in [0.1, 0.15) is 5.01 Å². The number of rotatable bonds is 3. The van der Waals surface area contributed by atoms with E-state index in [0.29, 0.717) is 0 Å². The second-order valence-electron chi connectivity index (χ2n) is 4.77. The van der Waals surface area contributed by atoms with Crippen LogP contribution in [-0.2, 0) is 4.74 Å².